The molecule has 0 aliphatic rings. The van der Waals surface area contributed by atoms with E-state index < -0.39 is 0 Å². The van der Waals surface area contributed by atoms with Crippen LogP contribution in [0.1, 0.15) is 5.56 Å². The van der Waals surface area contributed by atoms with E-state index in [1.807, 2.05) is 24.5 Å². The number of nitrogens with one attached hydrogen (secondary N) is 1. The van der Waals surface area contributed by atoms with Gasteiger partial charge in [0, 0.05) is 6.07 Å². The van der Waals surface area contributed by atoms with Crippen LogP contribution in [0.3, 0.4) is 0 Å². The van der Waals surface area contributed by atoms with E-state index in [0.29, 0.717) is 0 Å². The molecule has 0 saturated carbocycles. The van der Waals surface area contributed by atoms with E-state index in [1.165, 1.54) is 5.56 Å². The molecule has 2 nitrogen and oxygen atoms in total. The fraction of sp³-hybridized carbons (Fsp3) is 0.167. The van der Waals surface area contributed by atoms with Crippen molar-refractivity contribution in [1.29, 1.82) is 0 Å². The summed E-state index contributed by atoms with van der Waals surface area (Å²) < 4.78 is 0. The molecule has 0 amide bonds. The van der Waals surface area contributed by atoms with Gasteiger partial charge in [-0.15, -0.1) is 0 Å². The maximum atomic E-state index is 3.74. The lowest BCUT2D eigenvalue weighted by atomic mass is 10.3. The van der Waals surface area contributed by atoms with Crippen LogP contribution >= 0.6 is 0 Å². The summed E-state index contributed by atoms with van der Waals surface area (Å²) in [5, 5.41) is 0. The van der Waals surface area contributed by atoms with Crippen LogP contribution in [0.2, 0.25) is 0 Å². The molecule has 0 aliphatic carbocycles. The average Bonchev–Trinajstić information content (AvgIpc) is 1.90. The van der Waals surface area contributed by atoms with Gasteiger partial charge in [0.25, 0.3) is 0 Å². The lowest BCUT2D eigenvalue weighted by Crippen LogP contribution is -3.00. The first-order valence-corrected chi connectivity index (χ1v) is 2.67. The van der Waals surface area contributed by atoms with Gasteiger partial charge in [0.2, 0.25) is 0 Å². The van der Waals surface area contributed by atoms with Crippen LogP contribution < -0.4 is 35.5 Å². The van der Waals surface area contributed by atoms with Crippen molar-refractivity contribution in [1.82, 2.24) is 0 Å². The number of halogens is 2. The summed E-state index contributed by atoms with van der Waals surface area (Å²) >= 11 is 0. The zero-order valence-electron chi connectivity index (χ0n) is 5.48. The highest BCUT2D eigenvalue weighted by atomic mass is 35.5. The molecule has 4 heteroatoms. The van der Waals surface area contributed by atoms with E-state index in [1.54, 1.807) is 0 Å². The van der Waals surface area contributed by atoms with Gasteiger partial charge in [0.15, 0.2) is 12.4 Å². The third kappa shape index (κ3) is 3.67. The molecule has 1 aromatic heterocycles. The minimum Gasteiger partial charge on any atom is -1.00 e. The molecule has 4 N–H and O–H groups in total. The molecule has 1 heterocycles. The maximum Gasteiger partial charge on any atom is 0.175 e. The van der Waals surface area contributed by atoms with Gasteiger partial charge in [-0.05, 0) is 6.07 Å². The van der Waals surface area contributed by atoms with E-state index in [2.05, 4.69) is 10.7 Å². The van der Waals surface area contributed by atoms with Crippen molar-refractivity contribution >= 4 is 0 Å². The van der Waals surface area contributed by atoms with E-state index in [9.17, 15) is 0 Å². The van der Waals surface area contributed by atoms with E-state index in [0.717, 1.165) is 6.54 Å². The molecule has 0 spiro atoms. The number of hydrogen-bond donors (Lipinski definition) is 1. The summed E-state index contributed by atoms with van der Waals surface area (Å²) in [6, 6.07) is 4.02. The van der Waals surface area contributed by atoms with Crippen molar-refractivity contribution in [3.63, 3.8) is 0 Å². The van der Waals surface area contributed by atoms with E-state index in [4.69, 9.17) is 0 Å². The summed E-state index contributed by atoms with van der Waals surface area (Å²) in [4.78, 5) is 2.97. The fourth-order valence-corrected chi connectivity index (χ4v) is 0.586. The number of rotatable bonds is 1. The van der Waals surface area contributed by atoms with Gasteiger partial charge in [-0.2, -0.15) is 0 Å². The minimum absolute atomic E-state index is 0. The Kier molecular flexibility index (Phi) is 8.42. The number of quaternary nitrogens is 1. The van der Waals surface area contributed by atoms with Crippen molar-refractivity contribution in [3.05, 3.63) is 30.1 Å². The van der Waals surface area contributed by atoms with Crippen molar-refractivity contribution in [3.8, 4) is 0 Å². The predicted molar refractivity (Wildman–Crippen MR) is 29.6 cm³/mol. The molecular formula is C6H10Cl2N2. The lowest BCUT2D eigenvalue weighted by Gasteiger charge is -1.82. The molecule has 1 aromatic rings. The lowest BCUT2D eigenvalue weighted by molar-refractivity contribution is -0.400. The SMILES string of the molecule is [Cl-].[Cl-].[NH3+]Cc1ccc[nH+]c1. The minimum atomic E-state index is 0. The average molecular weight is 181 g/mol. The number of hydrogen-bond acceptors (Lipinski definition) is 0. The van der Waals surface area contributed by atoms with Crippen molar-refractivity contribution < 1.29 is 35.5 Å². The van der Waals surface area contributed by atoms with Gasteiger partial charge >= 0.3 is 0 Å². The molecule has 0 aliphatic heterocycles. The van der Waals surface area contributed by atoms with Gasteiger partial charge in [0.05, 0.1) is 5.56 Å². The Morgan fingerprint density at radius 3 is 2.40 bits per heavy atom. The van der Waals surface area contributed by atoms with Crippen LogP contribution in [0.5, 0.6) is 0 Å². The zero-order valence-corrected chi connectivity index (χ0v) is 6.99. The van der Waals surface area contributed by atoms with Gasteiger partial charge in [-0.25, -0.2) is 4.98 Å². The largest absolute Gasteiger partial charge is 1.00 e. The van der Waals surface area contributed by atoms with E-state index in [-0.39, 0.29) is 24.8 Å². The smallest absolute Gasteiger partial charge is 0.175 e. The Labute approximate surface area is 72.7 Å². The first kappa shape index (κ1) is 12.4. The standard InChI is InChI=1S/C6H8N2.2ClH/c7-4-6-2-1-3-8-5-6;;/h1-3,5H,4,7H2;2*1H. The molecular weight excluding hydrogens is 171 g/mol. The second-order valence-electron chi connectivity index (χ2n) is 1.66. The Balaban J connectivity index is 0. The van der Waals surface area contributed by atoms with Crippen LogP contribution in [0.15, 0.2) is 24.5 Å². The molecule has 0 aromatic carbocycles. The Morgan fingerprint density at radius 1 is 1.40 bits per heavy atom. The predicted octanol–water partition coefficient (Wildman–Crippen LogP) is -6.75. The zero-order chi connectivity index (χ0) is 5.82. The molecule has 0 radical (unpaired) electrons. The highest BCUT2D eigenvalue weighted by Gasteiger charge is 1.89. The van der Waals surface area contributed by atoms with Crippen LogP contribution in [-0.4, -0.2) is 0 Å². The van der Waals surface area contributed by atoms with Crippen LogP contribution in [-0.2, 0) is 6.54 Å². The summed E-state index contributed by atoms with van der Waals surface area (Å²) in [5.74, 6) is 0. The second kappa shape index (κ2) is 6.81. The highest BCUT2D eigenvalue weighted by Crippen LogP contribution is 1.86. The van der Waals surface area contributed by atoms with Gasteiger partial charge in [-0.3, -0.25) is 0 Å². The molecule has 0 unspecified atom stereocenters. The molecule has 0 saturated heterocycles. The summed E-state index contributed by atoms with van der Waals surface area (Å²) in [6.07, 6.45) is 3.84. The van der Waals surface area contributed by atoms with Gasteiger partial charge < -0.3 is 30.5 Å². The maximum absolute atomic E-state index is 3.74. The quantitative estimate of drug-likeness (QED) is 0.447. The van der Waals surface area contributed by atoms with Crippen LogP contribution in [0.4, 0.5) is 0 Å². The first-order valence-electron chi connectivity index (χ1n) is 2.67. The van der Waals surface area contributed by atoms with Gasteiger partial charge in [-0.1, -0.05) is 0 Å². The van der Waals surface area contributed by atoms with Crippen LogP contribution in [0.25, 0.3) is 0 Å². The molecule has 1 rings (SSSR count). The van der Waals surface area contributed by atoms with Crippen LogP contribution in [0, 0.1) is 0 Å². The van der Waals surface area contributed by atoms with Crippen molar-refractivity contribution in [2.24, 2.45) is 0 Å². The van der Waals surface area contributed by atoms with E-state index >= 15 is 0 Å². The fourth-order valence-electron chi connectivity index (χ4n) is 0.586. The molecule has 0 bridgehead atoms. The topological polar surface area (TPSA) is 41.8 Å². The summed E-state index contributed by atoms with van der Waals surface area (Å²) in [7, 11) is 0. The van der Waals surface area contributed by atoms with Crippen molar-refractivity contribution in [2.75, 3.05) is 0 Å². The third-order valence-electron chi connectivity index (χ3n) is 1.06. The second-order valence-corrected chi connectivity index (χ2v) is 1.66. The van der Waals surface area contributed by atoms with Crippen molar-refractivity contribution in [2.45, 2.75) is 6.54 Å². The monoisotopic (exact) mass is 180 g/mol. The normalized spacial score (nSPS) is 7.30. The Hall–Kier alpha value is -0.310. The van der Waals surface area contributed by atoms with Gasteiger partial charge in [0.1, 0.15) is 6.54 Å². The Bertz CT molecular complexity index is 155. The molecule has 58 valence electrons. The molecule has 0 atom stereocenters. The summed E-state index contributed by atoms with van der Waals surface area (Å²) in [6.45, 7) is 0.858. The number of aromatic amines is 1. The number of aromatic nitrogens is 1. The first-order chi connectivity index (χ1) is 3.93. The molecule has 0 fully saturated rings. The number of H-pyrrole nitrogens is 1. The third-order valence-corrected chi connectivity index (χ3v) is 1.06. The Morgan fingerprint density at radius 2 is 2.10 bits per heavy atom. The summed E-state index contributed by atoms with van der Waals surface area (Å²) in [5.41, 5.74) is 4.98. The number of pyridine rings is 1. The highest BCUT2D eigenvalue weighted by molar-refractivity contribution is 5.02. The molecule has 10 heavy (non-hydrogen) atoms.